The van der Waals surface area contributed by atoms with Crippen LogP contribution in [0.15, 0.2) is 36.7 Å². The minimum absolute atomic E-state index is 0.0475. The Morgan fingerprint density at radius 3 is 2.74 bits per heavy atom. The molecule has 5 heteroatoms. The monoisotopic (exact) mass is 427 g/mol. The SMILES string of the molecule is O=C(CCCCCO)c1ccncc1Cc1ccc(I)cc1F. The van der Waals surface area contributed by atoms with Gasteiger partial charge in [-0.15, -0.1) is 0 Å². The Kier molecular flexibility index (Phi) is 7.11. The summed E-state index contributed by atoms with van der Waals surface area (Å²) in [5.74, 6) is -0.214. The van der Waals surface area contributed by atoms with E-state index in [9.17, 15) is 9.18 Å². The Morgan fingerprint density at radius 2 is 2.00 bits per heavy atom. The molecule has 0 amide bonds. The fourth-order valence-corrected chi connectivity index (χ4v) is 2.87. The molecule has 3 nitrogen and oxygen atoms in total. The van der Waals surface area contributed by atoms with Gasteiger partial charge in [0.2, 0.25) is 0 Å². The van der Waals surface area contributed by atoms with Crippen molar-refractivity contribution in [3.05, 3.63) is 62.7 Å². The van der Waals surface area contributed by atoms with E-state index in [0.29, 0.717) is 30.4 Å². The van der Waals surface area contributed by atoms with E-state index in [2.05, 4.69) is 27.6 Å². The molecule has 0 bridgehead atoms. The van der Waals surface area contributed by atoms with Gasteiger partial charge in [0, 0.05) is 41.0 Å². The summed E-state index contributed by atoms with van der Waals surface area (Å²) in [6.45, 7) is 0.154. The first-order chi connectivity index (χ1) is 11.1. The number of rotatable bonds is 8. The predicted molar refractivity (Wildman–Crippen MR) is 96.0 cm³/mol. The standard InChI is InChI=1S/C18H19FINO2/c19-17-11-15(20)6-5-13(17)10-14-12-21-8-7-16(14)18(23)4-2-1-3-9-22/h5-8,11-12,22H,1-4,9-10H2. The van der Waals surface area contributed by atoms with Crippen molar-refractivity contribution in [2.45, 2.75) is 32.1 Å². The Bertz CT molecular complexity index is 676. The van der Waals surface area contributed by atoms with Crippen LogP contribution in [0.5, 0.6) is 0 Å². The number of hydrogen-bond acceptors (Lipinski definition) is 3. The van der Waals surface area contributed by atoms with E-state index < -0.39 is 0 Å². The smallest absolute Gasteiger partial charge is 0.163 e. The third-order valence-electron chi connectivity index (χ3n) is 3.66. The lowest BCUT2D eigenvalue weighted by Crippen LogP contribution is -2.06. The van der Waals surface area contributed by atoms with Crippen LogP contribution in [0.3, 0.4) is 0 Å². The molecule has 0 radical (unpaired) electrons. The van der Waals surface area contributed by atoms with Gasteiger partial charge in [-0.3, -0.25) is 9.78 Å². The minimum atomic E-state index is -0.262. The number of halogens is 2. The van der Waals surface area contributed by atoms with Crippen molar-refractivity contribution in [2.24, 2.45) is 0 Å². The number of aliphatic hydroxyl groups excluding tert-OH is 1. The van der Waals surface area contributed by atoms with Crippen molar-refractivity contribution in [1.82, 2.24) is 4.98 Å². The largest absolute Gasteiger partial charge is 0.396 e. The molecule has 0 saturated carbocycles. The number of aromatic nitrogens is 1. The maximum Gasteiger partial charge on any atom is 0.163 e. The third-order valence-corrected chi connectivity index (χ3v) is 4.33. The highest BCUT2D eigenvalue weighted by Gasteiger charge is 2.13. The molecule has 0 aliphatic carbocycles. The highest BCUT2D eigenvalue weighted by atomic mass is 127. The number of pyridine rings is 1. The van der Waals surface area contributed by atoms with Crippen molar-refractivity contribution >= 4 is 28.4 Å². The van der Waals surface area contributed by atoms with E-state index in [-0.39, 0.29) is 18.2 Å². The summed E-state index contributed by atoms with van der Waals surface area (Å²) in [4.78, 5) is 16.4. The zero-order valence-corrected chi connectivity index (χ0v) is 14.9. The van der Waals surface area contributed by atoms with Gasteiger partial charge in [0.05, 0.1) is 0 Å². The Morgan fingerprint density at radius 1 is 1.17 bits per heavy atom. The molecule has 0 atom stereocenters. The van der Waals surface area contributed by atoms with Crippen LogP contribution in [0.2, 0.25) is 0 Å². The van der Waals surface area contributed by atoms with Crippen LogP contribution in [-0.2, 0) is 6.42 Å². The van der Waals surface area contributed by atoms with Gasteiger partial charge in [0.25, 0.3) is 0 Å². The van der Waals surface area contributed by atoms with Crippen LogP contribution in [0.25, 0.3) is 0 Å². The number of unbranched alkanes of at least 4 members (excludes halogenated alkanes) is 2. The maximum atomic E-state index is 14.0. The topological polar surface area (TPSA) is 50.2 Å². The molecule has 1 heterocycles. The van der Waals surface area contributed by atoms with Crippen LogP contribution < -0.4 is 0 Å². The number of benzene rings is 1. The summed E-state index contributed by atoms with van der Waals surface area (Å²) in [6, 6.07) is 6.79. The molecule has 1 aromatic carbocycles. The quantitative estimate of drug-likeness (QED) is 0.391. The lowest BCUT2D eigenvalue weighted by molar-refractivity contribution is 0.0977. The van der Waals surface area contributed by atoms with Crippen LogP contribution in [0, 0.1) is 9.39 Å². The summed E-state index contributed by atoms with van der Waals surface area (Å²) in [7, 11) is 0. The van der Waals surface area contributed by atoms with Gasteiger partial charge in [-0.2, -0.15) is 0 Å². The van der Waals surface area contributed by atoms with Crippen molar-refractivity contribution in [1.29, 1.82) is 0 Å². The number of ketones is 1. The van der Waals surface area contributed by atoms with Crippen LogP contribution >= 0.6 is 22.6 Å². The molecule has 0 saturated heterocycles. The molecule has 0 fully saturated rings. The van der Waals surface area contributed by atoms with Gasteiger partial charge in [-0.25, -0.2) is 4.39 Å². The molecule has 0 aliphatic rings. The summed E-state index contributed by atoms with van der Waals surface area (Å²) < 4.78 is 14.9. The van der Waals surface area contributed by atoms with Crippen molar-refractivity contribution in [3.8, 4) is 0 Å². The van der Waals surface area contributed by atoms with Gasteiger partial charge < -0.3 is 5.11 Å². The minimum Gasteiger partial charge on any atom is -0.396 e. The van der Waals surface area contributed by atoms with E-state index in [0.717, 1.165) is 22.0 Å². The van der Waals surface area contributed by atoms with E-state index in [1.54, 1.807) is 24.5 Å². The average molecular weight is 427 g/mol. The van der Waals surface area contributed by atoms with Crippen molar-refractivity contribution < 1.29 is 14.3 Å². The van der Waals surface area contributed by atoms with Crippen LogP contribution in [-0.4, -0.2) is 22.5 Å². The van der Waals surface area contributed by atoms with Gasteiger partial charge in [-0.1, -0.05) is 12.5 Å². The number of Topliss-reactive ketones (excluding diaryl/α,β-unsaturated/α-hetero) is 1. The second-order valence-electron chi connectivity index (χ2n) is 5.40. The average Bonchev–Trinajstić information content (AvgIpc) is 2.54. The maximum absolute atomic E-state index is 14.0. The van der Waals surface area contributed by atoms with Crippen molar-refractivity contribution in [2.75, 3.05) is 6.61 Å². The first-order valence-electron chi connectivity index (χ1n) is 7.62. The van der Waals surface area contributed by atoms with Crippen LogP contribution in [0.1, 0.15) is 47.2 Å². The number of carbonyl (C=O) groups excluding carboxylic acids is 1. The fraction of sp³-hybridized carbons (Fsp3) is 0.333. The second-order valence-corrected chi connectivity index (χ2v) is 6.65. The van der Waals surface area contributed by atoms with Gasteiger partial charge in [0.1, 0.15) is 5.82 Å². The molecule has 23 heavy (non-hydrogen) atoms. The van der Waals surface area contributed by atoms with Gasteiger partial charge in [0.15, 0.2) is 5.78 Å². The van der Waals surface area contributed by atoms with Crippen molar-refractivity contribution in [3.63, 3.8) is 0 Å². The second kappa shape index (κ2) is 9.08. The van der Waals surface area contributed by atoms with E-state index in [1.165, 1.54) is 6.07 Å². The van der Waals surface area contributed by atoms with Gasteiger partial charge >= 0.3 is 0 Å². The Balaban J connectivity index is 2.12. The zero-order chi connectivity index (χ0) is 16.7. The Hall–Kier alpha value is -1.34. The summed E-state index contributed by atoms with van der Waals surface area (Å²) in [5.41, 5.74) is 1.93. The molecule has 1 N–H and O–H groups in total. The molecule has 2 aromatic rings. The number of carbonyl (C=O) groups is 1. The Labute approximate surface area is 149 Å². The fourth-order valence-electron chi connectivity index (χ4n) is 2.42. The van der Waals surface area contributed by atoms with Gasteiger partial charge in [-0.05, 0) is 64.8 Å². The molecule has 0 unspecified atom stereocenters. The number of aliphatic hydroxyl groups is 1. The number of nitrogens with zero attached hydrogens (tertiary/aromatic N) is 1. The molecular formula is C18H19FINO2. The van der Waals surface area contributed by atoms with E-state index in [1.807, 2.05) is 6.07 Å². The lowest BCUT2D eigenvalue weighted by Gasteiger charge is -2.09. The first-order valence-corrected chi connectivity index (χ1v) is 8.70. The predicted octanol–water partition coefficient (Wildman–Crippen LogP) is 4.15. The molecule has 2 rings (SSSR count). The highest BCUT2D eigenvalue weighted by molar-refractivity contribution is 14.1. The molecule has 122 valence electrons. The van der Waals surface area contributed by atoms with E-state index >= 15 is 0 Å². The molecule has 0 spiro atoms. The molecule has 1 aromatic heterocycles. The summed E-state index contributed by atoms with van der Waals surface area (Å²) >= 11 is 2.07. The normalized spacial score (nSPS) is 10.7. The highest BCUT2D eigenvalue weighted by Crippen LogP contribution is 2.19. The number of hydrogen-bond donors (Lipinski definition) is 1. The van der Waals surface area contributed by atoms with Crippen LogP contribution in [0.4, 0.5) is 4.39 Å². The summed E-state index contributed by atoms with van der Waals surface area (Å²) in [6.07, 6.45) is 6.31. The third kappa shape index (κ3) is 5.35. The summed E-state index contributed by atoms with van der Waals surface area (Å²) in [5, 5.41) is 8.77. The lowest BCUT2D eigenvalue weighted by atomic mass is 9.96. The zero-order valence-electron chi connectivity index (χ0n) is 12.8. The first kappa shape index (κ1) is 18.0. The van der Waals surface area contributed by atoms with E-state index in [4.69, 9.17) is 5.11 Å². The molecule has 0 aliphatic heterocycles. The molecular weight excluding hydrogens is 408 g/mol.